The van der Waals surface area contributed by atoms with E-state index in [1.54, 1.807) is 24.3 Å². The maximum atomic E-state index is 12.9. The van der Waals surface area contributed by atoms with Crippen LogP contribution >= 0.6 is 0 Å². The molecule has 0 fully saturated rings. The van der Waals surface area contributed by atoms with Crippen LogP contribution in [-0.4, -0.2) is 87.6 Å². The zero-order chi connectivity index (χ0) is 70.3. The minimum Gasteiger partial charge on any atom is -0.744 e. The average Bonchev–Trinajstić information content (AvgIpc) is 0.804. The molecule has 0 unspecified atom stereocenters. The molecule has 0 atom stereocenters. The van der Waals surface area contributed by atoms with E-state index in [-0.39, 0.29) is 48.9 Å². The minimum absolute atomic E-state index is 0. The summed E-state index contributed by atoms with van der Waals surface area (Å²) in [7, 11) is -10.1. The predicted molar refractivity (Wildman–Crippen MR) is 396 cm³/mol. The molecule has 0 heterocycles. The summed E-state index contributed by atoms with van der Waals surface area (Å²) in [6.45, 7) is 8.96. The Kier molecular flexibility index (Phi) is 63.2. The molecule has 2 rings (SSSR count). The van der Waals surface area contributed by atoms with E-state index >= 15 is 0 Å². The van der Waals surface area contributed by atoms with E-state index in [0.29, 0.717) is 12.8 Å². The third kappa shape index (κ3) is 52.1. The van der Waals surface area contributed by atoms with Gasteiger partial charge in [0, 0.05) is 0 Å². The van der Waals surface area contributed by atoms with E-state index < -0.39 is 65.0 Å². The van der Waals surface area contributed by atoms with Crippen LogP contribution in [0.2, 0.25) is 0 Å². The van der Waals surface area contributed by atoms with E-state index in [4.69, 9.17) is 18.9 Å². The monoisotopic (exact) mass is 1420 g/mol. The number of carbonyl (C=O) groups is 4. The van der Waals surface area contributed by atoms with Crippen LogP contribution in [0.3, 0.4) is 0 Å². The van der Waals surface area contributed by atoms with E-state index in [0.717, 1.165) is 89.2 Å². The maximum Gasteiger partial charge on any atom is 2.00 e. The van der Waals surface area contributed by atoms with Crippen LogP contribution in [0, 0.1) is 0 Å². The summed E-state index contributed by atoms with van der Waals surface area (Å²) in [4.78, 5) is 49.7. The second-order valence-electron chi connectivity index (χ2n) is 26.1. The van der Waals surface area contributed by atoms with Crippen molar-refractivity contribution in [2.45, 2.75) is 371 Å². The summed E-state index contributed by atoms with van der Waals surface area (Å²) in [5.41, 5.74) is -1.88. The molecular formula is C80H130CaO14S2. The zero-order valence-electron chi connectivity index (χ0n) is 61.1. The molecule has 0 aliphatic rings. The van der Waals surface area contributed by atoms with Gasteiger partial charge in [-0.25, -0.2) is 36.0 Å². The Morgan fingerprint density at radius 3 is 0.649 bits per heavy atom. The average molecular weight is 1420 g/mol. The van der Waals surface area contributed by atoms with Crippen LogP contribution in [-0.2, 0) is 39.2 Å². The van der Waals surface area contributed by atoms with Crippen LogP contribution < -0.4 is 0 Å². The van der Waals surface area contributed by atoms with Crippen molar-refractivity contribution in [3.8, 4) is 0 Å². The van der Waals surface area contributed by atoms with E-state index in [1.165, 1.54) is 293 Å². The van der Waals surface area contributed by atoms with Crippen molar-refractivity contribution in [2.24, 2.45) is 0 Å². The molecule has 0 saturated carbocycles. The molecule has 0 aliphatic carbocycles. The number of rotatable bonds is 62. The van der Waals surface area contributed by atoms with E-state index in [2.05, 4.69) is 27.7 Å². The third-order valence-electron chi connectivity index (χ3n) is 17.4. The van der Waals surface area contributed by atoms with Gasteiger partial charge in [-0.05, 0) is 99.9 Å². The number of unbranched alkanes of at least 4 members (excludes halogenated alkanes) is 48. The molecule has 0 radical (unpaired) electrons. The molecule has 14 nitrogen and oxygen atoms in total. The number of esters is 4. The van der Waals surface area contributed by atoms with Crippen molar-refractivity contribution >= 4 is 81.9 Å². The first kappa shape index (κ1) is 93.4. The first-order valence-electron chi connectivity index (χ1n) is 38.3. The summed E-state index contributed by atoms with van der Waals surface area (Å²) in [5.74, 6) is -4.05. The molecule has 0 amide bonds. The fourth-order valence-electron chi connectivity index (χ4n) is 11.6. The topological polar surface area (TPSA) is 220 Å². The molecule has 17 heteroatoms. The molecule has 0 saturated heterocycles. The maximum absolute atomic E-state index is 12.9. The van der Waals surface area contributed by atoms with Gasteiger partial charge in [-0.1, -0.05) is 322 Å². The van der Waals surface area contributed by atoms with Crippen molar-refractivity contribution < 1.29 is 64.1 Å². The van der Waals surface area contributed by atoms with Gasteiger partial charge >= 0.3 is 61.6 Å². The number of allylic oxidation sites excluding steroid dienone is 4. The number of benzene rings is 2. The number of ether oxygens (including phenoxy) is 4. The van der Waals surface area contributed by atoms with Crippen molar-refractivity contribution in [2.75, 3.05) is 0 Å². The van der Waals surface area contributed by atoms with Crippen LogP contribution in [0.4, 0.5) is 0 Å². The number of hydrogen-bond acceptors (Lipinski definition) is 14. The molecule has 2 aromatic rings. The fraction of sp³-hybridized carbons (Fsp3) is 0.700. The molecule has 548 valence electrons. The molecule has 97 heavy (non-hydrogen) atoms. The molecule has 0 N–H and O–H groups in total. The first-order valence-corrected chi connectivity index (χ1v) is 41.1. The smallest absolute Gasteiger partial charge is 0.744 e. The summed E-state index contributed by atoms with van der Waals surface area (Å²) >= 11 is 0. The first-order chi connectivity index (χ1) is 46.6. The summed E-state index contributed by atoms with van der Waals surface area (Å²) in [5, 5.41) is 0. The second-order valence-corrected chi connectivity index (χ2v) is 28.8. The van der Waals surface area contributed by atoms with E-state index in [1.807, 2.05) is 0 Å². The molecule has 0 bridgehead atoms. The Hall–Kier alpha value is -3.64. The summed E-state index contributed by atoms with van der Waals surface area (Å²) < 4.78 is 92.1. The van der Waals surface area contributed by atoms with Gasteiger partial charge in [0.25, 0.3) is 0 Å². The van der Waals surface area contributed by atoms with Crippen LogP contribution in [0.5, 0.6) is 0 Å². The SMILES string of the molecule is CCCCCCCCCCCCCC/C=C/OC(=O)c1cccc(S(=O)(=O)[O-])c1C(=O)O/C=C/CCCCCCCCCCCCCC.CCCCCCCCCCCCCC/C=C/OC(=O)c1cccc(S(=O)(=O)[O-])c1C(=O)O/C=C/CCCCCCCCCCCCCC.[Ca+2]. The third-order valence-corrected chi connectivity index (χ3v) is 19.2. The Morgan fingerprint density at radius 1 is 0.289 bits per heavy atom. The Balaban J connectivity index is 0.00000188. The standard InChI is InChI=1S/2C40H66O7S.Ca/c2*1-3-5-7-9-11-13-15-17-19-21-23-25-27-29-34-46-39(41)36-32-31-33-37(48(43,44)45)38(36)40(42)47-35-30-28-26-24-22-20-18-16-14-12-10-8-6-4-2;/h2*29-35H,3-28H2,1-2H3,(H,43,44,45);/q;;+2/p-2/b2*34-29+,35-30+;. The largest absolute Gasteiger partial charge is 2.00 e. The van der Waals surface area contributed by atoms with Crippen molar-refractivity contribution in [3.63, 3.8) is 0 Å². The van der Waals surface area contributed by atoms with Crippen molar-refractivity contribution in [1.29, 1.82) is 0 Å². The zero-order valence-corrected chi connectivity index (χ0v) is 64.9. The van der Waals surface area contributed by atoms with E-state index in [9.17, 15) is 45.1 Å². The van der Waals surface area contributed by atoms with Crippen molar-refractivity contribution in [3.05, 3.63) is 108 Å². The fourth-order valence-corrected chi connectivity index (χ4v) is 13.0. The summed E-state index contributed by atoms with van der Waals surface area (Å²) in [6, 6.07) is 6.96. The quantitative estimate of drug-likeness (QED) is 0.0150. The van der Waals surface area contributed by atoms with Gasteiger partial charge in [0.15, 0.2) is 0 Å². The second kappa shape index (κ2) is 65.7. The molecule has 0 aliphatic heterocycles. The van der Waals surface area contributed by atoms with Crippen LogP contribution in [0.15, 0.2) is 95.5 Å². The molecule has 2 aromatic carbocycles. The van der Waals surface area contributed by atoms with Gasteiger partial charge < -0.3 is 28.1 Å². The predicted octanol–water partition coefficient (Wildman–Crippen LogP) is 23.8. The van der Waals surface area contributed by atoms with Crippen LogP contribution in [0.1, 0.15) is 403 Å². The van der Waals surface area contributed by atoms with Gasteiger partial charge in [0.05, 0.1) is 57.1 Å². The molecular weight excluding hydrogens is 1290 g/mol. The van der Waals surface area contributed by atoms with Gasteiger partial charge in [-0.2, -0.15) is 0 Å². The van der Waals surface area contributed by atoms with Crippen molar-refractivity contribution in [1.82, 2.24) is 0 Å². The minimum atomic E-state index is -5.05. The number of hydrogen-bond donors (Lipinski definition) is 0. The number of carbonyl (C=O) groups excluding carboxylic acids is 4. The van der Waals surface area contributed by atoms with Gasteiger partial charge in [0.2, 0.25) is 0 Å². The Morgan fingerprint density at radius 2 is 0.464 bits per heavy atom. The van der Waals surface area contributed by atoms with Gasteiger partial charge in [-0.3, -0.25) is 0 Å². The Labute approximate surface area is 620 Å². The van der Waals surface area contributed by atoms with Gasteiger partial charge in [-0.15, -0.1) is 0 Å². The normalized spacial score (nSPS) is 11.8. The molecule has 0 spiro atoms. The summed E-state index contributed by atoms with van der Waals surface area (Å²) in [6.07, 6.45) is 74.8. The molecule has 0 aromatic heterocycles. The van der Waals surface area contributed by atoms with Crippen LogP contribution in [0.25, 0.3) is 0 Å². The van der Waals surface area contributed by atoms with Gasteiger partial charge in [0.1, 0.15) is 20.2 Å². The Bertz CT molecular complexity index is 2470.